The minimum Gasteiger partial charge on any atom is -0.462 e. The highest BCUT2D eigenvalue weighted by Gasteiger charge is 2.19. The number of esters is 3. The molecule has 1 atom stereocenters. The summed E-state index contributed by atoms with van der Waals surface area (Å²) in [7, 11) is 0. The average Bonchev–Trinajstić information content (AvgIpc) is 3.36. The van der Waals surface area contributed by atoms with E-state index in [0.717, 1.165) is 77.0 Å². The van der Waals surface area contributed by atoms with Gasteiger partial charge in [-0.15, -0.1) is 0 Å². The van der Waals surface area contributed by atoms with Gasteiger partial charge in [0.25, 0.3) is 0 Å². The smallest absolute Gasteiger partial charge is 0.306 e. The van der Waals surface area contributed by atoms with Crippen molar-refractivity contribution in [3.05, 3.63) is 97.2 Å². The third-order valence-corrected chi connectivity index (χ3v) is 12.5. The maximum Gasteiger partial charge on any atom is 0.306 e. The van der Waals surface area contributed by atoms with Crippen molar-refractivity contribution in [2.45, 2.75) is 277 Å². The monoisotopic (exact) mass is 973 g/mol. The molecule has 400 valence electrons. The van der Waals surface area contributed by atoms with Crippen LogP contribution in [-0.2, 0) is 28.6 Å². The van der Waals surface area contributed by atoms with Crippen LogP contribution in [0.15, 0.2) is 97.2 Å². The Hall–Kier alpha value is -3.67. The molecule has 0 bridgehead atoms. The van der Waals surface area contributed by atoms with E-state index in [0.29, 0.717) is 19.3 Å². The lowest BCUT2D eigenvalue weighted by Gasteiger charge is -2.18. The van der Waals surface area contributed by atoms with E-state index in [1.54, 1.807) is 0 Å². The van der Waals surface area contributed by atoms with Crippen molar-refractivity contribution < 1.29 is 28.6 Å². The molecule has 70 heavy (non-hydrogen) atoms. The second-order valence-corrected chi connectivity index (χ2v) is 19.4. The Labute approximate surface area is 432 Å². The molecule has 6 nitrogen and oxygen atoms in total. The van der Waals surface area contributed by atoms with Gasteiger partial charge in [0, 0.05) is 19.3 Å². The Bertz CT molecular complexity index is 1400. The second kappa shape index (κ2) is 57.9. The Balaban J connectivity index is 4.48. The molecule has 0 radical (unpaired) electrons. The molecule has 0 aromatic heterocycles. The first kappa shape index (κ1) is 66.3. The summed E-state index contributed by atoms with van der Waals surface area (Å²) < 4.78 is 16.8. The van der Waals surface area contributed by atoms with E-state index in [2.05, 4.69) is 57.2 Å². The van der Waals surface area contributed by atoms with Crippen LogP contribution in [-0.4, -0.2) is 37.2 Å². The highest BCUT2D eigenvalue weighted by atomic mass is 16.6. The topological polar surface area (TPSA) is 78.9 Å². The maximum atomic E-state index is 12.8. The first-order valence-corrected chi connectivity index (χ1v) is 29.3. The van der Waals surface area contributed by atoms with Crippen LogP contribution >= 0.6 is 0 Å². The molecule has 0 saturated heterocycles. The minimum absolute atomic E-state index is 0.103. The van der Waals surface area contributed by atoms with E-state index in [1.807, 2.05) is 60.8 Å². The summed E-state index contributed by atoms with van der Waals surface area (Å²) in [5.74, 6) is -0.968. The summed E-state index contributed by atoms with van der Waals surface area (Å²) in [5.41, 5.74) is 0. The molecule has 0 aliphatic carbocycles. The Morgan fingerprint density at radius 2 is 0.557 bits per heavy atom. The third-order valence-electron chi connectivity index (χ3n) is 12.5. The molecule has 0 aliphatic heterocycles. The highest BCUT2D eigenvalue weighted by Crippen LogP contribution is 2.16. The number of unbranched alkanes of at least 4 members (excludes halogenated alkanes) is 31. The number of hydrogen-bond acceptors (Lipinski definition) is 6. The lowest BCUT2D eigenvalue weighted by atomic mass is 10.0. The van der Waals surface area contributed by atoms with Gasteiger partial charge in [0.2, 0.25) is 0 Å². The summed E-state index contributed by atoms with van der Waals surface area (Å²) in [6, 6.07) is 0. The van der Waals surface area contributed by atoms with Gasteiger partial charge in [-0.3, -0.25) is 14.4 Å². The summed E-state index contributed by atoms with van der Waals surface area (Å²) in [4.78, 5) is 38.2. The molecule has 0 aromatic carbocycles. The minimum atomic E-state index is -0.812. The fourth-order valence-electron chi connectivity index (χ4n) is 8.11. The van der Waals surface area contributed by atoms with Gasteiger partial charge in [-0.05, 0) is 64.2 Å². The van der Waals surface area contributed by atoms with Gasteiger partial charge in [-0.1, -0.05) is 285 Å². The van der Waals surface area contributed by atoms with E-state index in [9.17, 15) is 14.4 Å². The van der Waals surface area contributed by atoms with Crippen LogP contribution in [0, 0.1) is 0 Å². The van der Waals surface area contributed by atoms with Gasteiger partial charge in [-0.2, -0.15) is 0 Å². The van der Waals surface area contributed by atoms with Crippen molar-refractivity contribution in [3.8, 4) is 0 Å². The van der Waals surface area contributed by atoms with Crippen molar-refractivity contribution in [1.29, 1.82) is 0 Å². The predicted octanol–water partition coefficient (Wildman–Crippen LogP) is 19.7. The van der Waals surface area contributed by atoms with Crippen LogP contribution in [0.2, 0.25) is 0 Å². The fourth-order valence-corrected chi connectivity index (χ4v) is 8.11. The van der Waals surface area contributed by atoms with Gasteiger partial charge >= 0.3 is 17.9 Å². The predicted molar refractivity (Wildman–Crippen MR) is 302 cm³/mol. The van der Waals surface area contributed by atoms with Gasteiger partial charge in [0.05, 0.1) is 0 Å². The Kier molecular flexibility index (Phi) is 54.9. The van der Waals surface area contributed by atoms with Gasteiger partial charge in [0.1, 0.15) is 13.2 Å². The molecule has 0 spiro atoms. The largest absolute Gasteiger partial charge is 0.462 e. The molecule has 6 heteroatoms. The number of carbonyl (C=O) groups excluding carboxylic acids is 3. The molecule has 0 N–H and O–H groups in total. The van der Waals surface area contributed by atoms with Crippen molar-refractivity contribution >= 4 is 17.9 Å². The zero-order valence-corrected chi connectivity index (χ0v) is 45.8. The molecule has 0 heterocycles. The molecule has 0 rings (SSSR count). The van der Waals surface area contributed by atoms with Crippen LogP contribution in [0.3, 0.4) is 0 Å². The second-order valence-electron chi connectivity index (χ2n) is 19.4. The zero-order valence-electron chi connectivity index (χ0n) is 45.8. The van der Waals surface area contributed by atoms with Crippen LogP contribution < -0.4 is 0 Å². The quantitative estimate of drug-likeness (QED) is 0.0262. The average molecular weight is 974 g/mol. The van der Waals surface area contributed by atoms with Crippen molar-refractivity contribution in [2.75, 3.05) is 13.2 Å². The van der Waals surface area contributed by atoms with E-state index in [-0.39, 0.29) is 37.5 Å². The Morgan fingerprint density at radius 1 is 0.300 bits per heavy atom. The van der Waals surface area contributed by atoms with E-state index < -0.39 is 6.10 Å². The standard InChI is InChI=1S/C64H108O6/c1-4-7-10-13-16-19-22-25-28-31-32-34-36-39-42-45-48-51-54-57-63(66)69-60-61(59-68-62(65)56-53-50-47-44-41-38-35-30-27-24-21-18-15-12-9-6-3)70-64(67)58-55-52-49-46-43-40-37-33-29-26-23-20-17-14-11-8-5-2/h8,11,14,17,20,23,26,29-30,33,35,37-38,40-41,43,61H,4-7,9-10,12-13,15-16,18-19,21-22,24-25,27-28,31-32,34,36,39,42,44-60H2,1-3H3/b11-8-,17-14-,23-20-,29-26-,35-30-,37-33+,41-38-,43-40-. The van der Waals surface area contributed by atoms with E-state index >= 15 is 0 Å². The first-order valence-electron chi connectivity index (χ1n) is 29.3. The van der Waals surface area contributed by atoms with Crippen LogP contribution in [0.25, 0.3) is 0 Å². The number of allylic oxidation sites excluding steroid dienone is 16. The normalized spacial score (nSPS) is 12.8. The Morgan fingerprint density at radius 3 is 0.900 bits per heavy atom. The maximum absolute atomic E-state index is 12.8. The van der Waals surface area contributed by atoms with Crippen LogP contribution in [0.5, 0.6) is 0 Å². The van der Waals surface area contributed by atoms with Crippen LogP contribution in [0.4, 0.5) is 0 Å². The summed E-state index contributed by atoms with van der Waals surface area (Å²) >= 11 is 0. The molecule has 0 aromatic rings. The molecular weight excluding hydrogens is 865 g/mol. The molecule has 0 saturated carbocycles. The van der Waals surface area contributed by atoms with Crippen molar-refractivity contribution in [2.24, 2.45) is 0 Å². The first-order chi connectivity index (χ1) is 34.5. The number of hydrogen-bond donors (Lipinski definition) is 0. The zero-order chi connectivity index (χ0) is 50.7. The molecule has 0 fully saturated rings. The number of ether oxygens (including phenoxy) is 3. The van der Waals surface area contributed by atoms with Crippen molar-refractivity contribution in [1.82, 2.24) is 0 Å². The van der Waals surface area contributed by atoms with Gasteiger partial charge < -0.3 is 14.2 Å². The number of carbonyl (C=O) groups is 3. The van der Waals surface area contributed by atoms with E-state index in [1.165, 1.54) is 148 Å². The highest BCUT2D eigenvalue weighted by molar-refractivity contribution is 5.71. The third kappa shape index (κ3) is 55.3. The van der Waals surface area contributed by atoms with E-state index in [4.69, 9.17) is 14.2 Å². The molecular formula is C64H108O6. The van der Waals surface area contributed by atoms with Crippen LogP contribution in [0.1, 0.15) is 271 Å². The summed E-state index contributed by atoms with van der Waals surface area (Å²) in [5, 5.41) is 0. The molecule has 0 amide bonds. The van der Waals surface area contributed by atoms with Crippen molar-refractivity contribution in [3.63, 3.8) is 0 Å². The molecule has 1 unspecified atom stereocenters. The molecule has 0 aliphatic rings. The SMILES string of the molecule is CC\C=C/C=C\C=C/C=C\C=C\C=C/CCCCCC(=O)OC(COC(=O)CCCCC/C=C\C=C/CCCCCCCCC)COC(=O)CCCCCCCCCCCCCCCCCCCCC. The lowest BCUT2D eigenvalue weighted by Crippen LogP contribution is -2.30. The summed E-state index contributed by atoms with van der Waals surface area (Å²) in [6.45, 7) is 6.45. The van der Waals surface area contributed by atoms with Gasteiger partial charge in [-0.25, -0.2) is 0 Å². The fraction of sp³-hybridized carbons (Fsp3) is 0.703. The number of rotatable bonds is 52. The summed E-state index contributed by atoms with van der Waals surface area (Å²) in [6.07, 6.45) is 76.9. The lowest BCUT2D eigenvalue weighted by molar-refractivity contribution is -0.167. The van der Waals surface area contributed by atoms with Gasteiger partial charge in [0.15, 0.2) is 6.10 Å².